The first-order chi connectivity index (χ1) is 13.0. The summed E-state index contributed by atoms with van der Waals surface area (Å²) in [6, 6.07) is 4.80. The van der Waals surface area contributed by atoms with E-state index in [9.17, 15) is 14.0 Å². The van der Waals surface area contributed by atoms with Crippen molar-refractivity contribution < 1.29 is 23.6 Å². The minimum Gasteiger partial charge on any atom is -0.469 e. The van der Waals surface area contributed by atoms with Crippen molar-refractivity contribution in [3.05, 3.63) is 53.1 Å². The van der Waals surface area contributed by atoms with E-state index in [1.807, 2.05) is 0 Å². The normalized spacial score (nSPS) is 13.3. The fraction of sp³-hybridized carbons (Fsp3) is 0.316. The number of ether oxygens (including phenoxy) is 1. The zero-order valence-electron chi connectivity index (χ0n) is 15.1. The van der Waals surface area contributed by atoms with Crippen LogP contribution in [0.2, 0.25) is 0 Å². The first-order valence-corrected chi connectivity index (χ1v) is 8.51. The summed E-state index contributed by atoms with van der Waals surface area (Å²) in [4.78, 5) is 33.6. The third kappa shape index (κ3) is 4.22. The largest absolute Gasteiger partial charge is 0.469 e. The van der Waals surface area contributed by atoms with Crippen LogP contribution < -0.4 is 5.32 Å². The maximum atomic E-state index is 14.2. The number of nitrogens with zero attached hydrogens (tertiary/aromatic N) is 2. The Labute approximate surface area is 156 Å². The summed E-state index contributed by atoms with van der Waals surface area (Å²) in [6.45, 7) is 2.18. The van der Waals surface area contributed by atoms with Crippen molar-refractivity contribution in [3.63, 3.8) is 0 Å². The molecule has 1 aliphatic rings. The molecule has 7 nitrogen and oxygen atoms in total. The molecule has 8 heteroatoms. The van der Waals surface area contributed by atoms with E-state index in [-0.39, 0.29) is 24.6 Å². The molecule has 1 aromatic carbocycles. The third-order valence-electron chi connectivity index (χ3n) is 4.22. The van der Waals surface area contributed by atoms with Crippen LogP contribution in [0.4, 0.5) is 15.8 Å². The average Bonchev–Trinajstić information content (AvgIpc) is 2.65. The molecule has 2 heterocycles. The van der Waals surface area contributed by atoms with Crippen molar-refractivity contribution in [1.82, 2.24) is 10.0 Å². The first-order valence-electron chi connectivity index (χ1n) is 8.51. The van der Waals surface area contributed by atoms with Gasteiger partial charge in [-0.25, -0.2) is 9.45 Å². The summed E-state index contributed by atoms with van der Waals surface area (Å²) < 4.78 is 18.7. The Kier molecular flexibility index (Phi) is 5.66. The summed E-state index contributed by atoms with van der Waals surface area (Å²) in [7, 11) is 1.29. The van der Waals surface area contributed by atoms with E-state index in [2.05, 4.69) is 15.0 Å². The van der Waals surface area contributed by atoms with Gasteiger partial charge in [-0.3, -0.25) is 19.4 Å². The summed E-state index contributed by atoms with van der Waals surface area (Å²) in [6.07, 6.45) is 3.69. The zero-order chi connectivity index (χ0) is 19.4. The van der Waals surface area contributed by atoms with E-state index in [1.165, 1.54) is 24.4 Å². The highest BCUT2D eigenvalue weighted by Gasteiger charge is 2.28. The van der Waals surface area contributed by atoms with Crippen LogP contribution in [0.3, 0.4) is 0 Å². The van der Waals surface area contributed by atoms with Crippen LogP contribution >= 0.6 is 0 Å². The molecule has 1 N–H and O–H groups in total. The van der Waals surface area contributed by atoms with Crippen LogP contribution in [0.15, 0.2) is 30.6 Å². The van der Waals surface area contributed by atoms with Crippen LogP contribution in [0.25, 0.3) is 0 Å². The number of pyridine rings is 1. The van der Waals surface area contributed by atoms with E-state index in [0.29, 0.717) is 24.2 Å². The molecule has 0 atom stereocenters. The lowest BCUT2D eigenvalue weighted by Gasteiger charge is -2.28. The molecule has 1 amide bonds. The molecule has 0 bridgehead atoms. The molecule has 1 aromatic heterocycles. The number of rotatable bonds is 6. The Morgan fingerprint density at radius 1 is 1.33 bits per heavy atom. The minimum atomic E-state index is -0.415. The quantitative estimate of drug-likeness (QED) is 0.785. The Bertz CT molecular complexity index is 872. The second-order valence-electron chi connectivity index (χ2n) is 6.15. The maximum absolute atomic E-state index is 14.2. The number of carbonyl (C=O) groups is 2. The third-order valence-corrected chi connectivity index (χ3v) is 4.22. The van der Waals surface area contributed by atoms with Gasteiger partial charge >= 0.3 is 5.97 Å². The predicted octanol–water partition coefficient (Wildman–Crippen LogP) is 2.77. The zero-order valence-corrected chi connectivity index (χ0v) is 15.1. The van der Waals surface area contributed by atoms with E-state index in [4.69, 9.17) is 4.84 Å². The number of amides is 1. The number of halogens is 1. The summed E-state index contributed by atoms with van der Waals surface area (Å²) in [5.41, 5.74) is 2.60. The molecule has 0 saturated heterocycles. The minimum absolute atomic E-state index is 0.0359. The molecule has 27 heavy (non-hydrogen) atoms. The molecule has 142 valence electrons. The van der Waals surface area contributed by atoms with E-state index in [0.717, 1.165) is 11.1 Å². The van der Waals surface area contributed by atoms with Gasteiger partial charge in [0.25, 0.3) is 5.91 Å². The van der Waals surface area contributed by atoms with E-state index in [1.54, 1.807) is 25.3 Å². The fourth-order valence-corrected chi connectivity index (χ4v) is 2.82. The van der Waals surface area contributed by atoms with Crippen molar-refractivity contribution in [3.8, 4) is 0 Å². The van der Waals surface area contributed by atoms with Gasteiger partial charge < -0.3 is 10.1 Å². The molecule has 0 radical (unpaired) electrons. The highest BCUT2D eigenvalue weighted by molar-refractivity contribution is 6.01. The second-order valence-corrected chi connectivity index (χ2v) is 6.15. The molecule has 2 aromatic rings. The molecular formula is C19H20FN3O4. The van der Waals surface area contributed by atoms with Gasteiger partial charge in [0.1, 0.15) is 5.82 Å². The number of fused-ring (bicyclic) bond motifs is 1. The standard InChI is InChI=1S/C19H20FN3O4/c1-12-3-4-15(14(20)9-12)22-16-11-21-10-13-5-7-23(19(25)18(13)16)27-8-6-17(24)26-2/h3-4,9-11,22H,5-8H2,1-2H3. The Hall–Kier alpha value is -3.00. The van der Waals surface area contributed by atoms with Crippen molar-refractivity contribution in [2.75, 3.05) is 25.6 Å². The van der Waals surface area contributed by atoms with Gasteiger partial charge in [0.15, 0.2) is 0 Å². The average molecular weight is 373 g/mol. The van der Waals surface area contributed by atoms with Gasteiger partial charge in [0.2, 0.25) is 0 Å². The molecule has 0 aliphatic carbocycles. The maximum Gasteiger partial charge on any atom is 0.307 e. The van der Waals surface area contributed by atoms with E-state index < -0.39 is 11.8 Å². The summed E-state index contributed by atoms with van der Waals surface area (Å²) in [5, 5.41) is 4.16. The summed E-state index contributed by atoms with van der Waals surface area (Å²) in [5.74, 6) is -1.19. The number of esters is 1. The van der Waals surface area contributed by atoms with Crippen LogP contribution in [0.5, 0.6) is 0 Å². The van der Waals surface area contributed by atoms with Crippen LogP contribution in [-0.2, 0) is 20.8 Å². The Balaban J connectivity index is 1.80. The van der Waals surface area contributed by atoms with Crippen LogP contribution in [0, 0.1) is 12.7 Å². The van der Waals surface area contributed by atoms with Crippen molar-refractivity contribution in [1.29, 1.82) is 0 Å². The van der Waals surface area contributed by atoms with Crippen LogP contribution in [0.1, 0.15) is 27.9 Å². The van der Waals surface area contributed by atoms with Gasteiger partial charge in [-0.05, 0) is 36.6 Å². The number of aromatic nitrogens is 1. The van der Waals surface area contributed by atoms with E-state index >= 15 is 0 Å². The molecule has 0 fully saturated rings. The molecule has 0 saturated carbocycles. The van der Waals surface area contributed by atoms with Crippen molar-refractivity contribution in [2.45, 2.75) is 19.8 Å². The number of hydrogen-bond acceptors (Lipinski definition) is 6. The lowest BCUT2D eigenvalue weighted by molar-refractivity contribution is -0.152. The highest BCUT2D eigenvalue weighted by Crippen LogP contribution is 2.29. The molecule has 1 aliphatic heterocycles. The summed E-state index contributed by atoms with van der Waals surface area (Å²) >= 11 is 0. The second kappa shape index (κ2) is 8.13. The smallest absolute Gasteiger partial charge is 0.307 e. The topological polar surface area (TPSA) is 80.8 Å². The molecule has 3 rings (SSSR count). The number of hydroxylamine groups is 2. The van der Waals surface area contributed by atoms with Gasteiger partial charge in [0.05, 0.1) is 49.8 Å². The lowest BCUT2D eigenvalue weighted by atomic mass is 10.0. The monoisotopic (exact) mass is 373 g/mol. The number of benzene rings is 1. The highest BCUT2D eigenvalue weighted by atomic mass is 19.1. The van der Waals surface area contributed by atoms with Crippen molar-refractivity contribution >= 4 is 23.3 Å². The molecule has 0 spiro atoms. The Morgan fingerprint density at radius 2 is 2.15 bits per heavy atom. The number of methoxy groups -OCH3 is 1. The first kappa shape index (κ1) is 18.8. The molecular weight excluding hydrogens is 353 g/mol. The fourth-order valence-electron chi connectivity index (χ4n) is 2.82. The van der Waals surface area contributed by atoms with Crippen molar-refractivity contribution in [2.24, 2.45) is 0 Å². The molecule has 0 unspecified atom stereocenters. The van der Waals surface area contributed by atoms with Gasteiger partial charge in [-0.2, -0.15) is 0 Å². The lowest BCUT2D eigenvalue weighted by Crippen LogP contribution is -2.38. The number of anilines is 2. The van der Waals surface area contributed by atoms with Crippen LogP contribution in [-0.4, -0.2) is 42.2 Å². The number of nitrogens with one attached hydrogen (secondary N) is 1. The van der Waals surface area contributed by atoms with Gasteiger partial charge in [0, 0.05) is 6.20 Å². The Morgan fingerprint density at radius 3 is 2.89 bits per heavy atom. The van der Waals surface area contributed by atoms with Gasteiger partial charge in [-0.1, -0.05) is 6.07 Å². The number of carbonyl (C=O) groups excluding carboxylic acids is 2. The number of hydrogen-bond donors (Lipinski definition) is 1. The predicted molar refractivity (Wildman–Crippen MR) is 96.0 cm³/mol. The van der Waals surface area contributed by atoms with Gasteiger partial charge in [-0.15, -0.1) is 0 Å². The SMILES string of the molecule is COC(=O)CCON1CCc2cncc(Nc3ccc(C)cc3F)c2C1=O. The number of aryl methyl sites for hydroxylation is 1.